The van der Waals surface area contributed by atoms with E-state index in [0.717, 1.165) is 11.1 Å². The maximum Gasteiger partial charge on any atom is 0.191 e. The monoisotopic (exact) mass is 457 g/mol. The average Bonchev–Trinajstić information content (AvgIpc) is 2.61. The molecule has 0 atom stereocenters. The van der Waals surface area contributed by atoms with Crippen LogP contribution in [0.25, 0.3) is 0 Å². The summed E-state index contributed by atoms with van der Waals surface area (Å²) in [5.74, 6) is 0.522. The Labute approximate surface area is 165 Å². The molecule has 0 aliphatic rings. The van der Waals surface area contributed by atoms with Gasteiger partial charge in [0.25, 0.3) is 0 Å². The van der Waals surface area contributed by atoms with E-state index >= 15 is 0 Å². The third kappa shape index (κ3) is 6.99. The van der Waals surface area contributed by atoms with E-state index in [9.17, 15) is 4.39 Å². The van der Waals surface area contributed by atoms with E-state index in [-0.39, 0.29) is 29.8 Å². The zero-order chi connectivity index (χ0) is 17.2. The van der Waals surface area contributed by atoms with Gasteiger partial charge in [0.1, 0.15) is 5.82 Å². The normalized spacial score (nSPS) is 10.9. The maximum absolute atomic E-state index is 13.6. The number of halogens is 2. The third-order valence-corrected chi connectivity index (χ3v) is 3.73. The van der Waals surface area contributed by atoms with E-state index in [1.807, 2.05) is 18.2 Å². The summed E-state index contributed by atoms with van der Waals surface area (Å²) >= 11 is 0. The van der Waals surface area contributed by atoms with Gasteiger partial charge in [-0.1, -0.05) is 42.5 Å². The van der Waals surface area contributed by atoms with E-state index in [0.29, 0.717) is 37.6 Å². The quantitative estimate of drug-likeness (QED) is 0.380. The van der Waals surface area contributed by atoms with Crippen molar-refractivity contribution in [2.75, 3.05) is 20.7 Å². The van der Waals surface area contributed by atoms with E-state index in [4.69, 9.17) is 4.74 Å². The molecule has 0 amide bonds. The van der Waals surface area contributed by atoms with Crippen molar-refractivity contribution >= 4 is 29.9 Å². The summed E-state index contributed by atoms with van der Waals surface area (Å²) in [5, 5.41) is 6.48. The van der Waals surface area contributed by atoms with Gasteiger partial charge in [0, 0.05) is 27.2 Å². The zero-order valence-corrected chi connectivity index (χ0v) is 16.9. The van der Waals surface area contributed by atoms with Crippen LogP contribution in [0.3, 0.4) is 0 Å². The molecular weight excluding hydrogens is 432 g/mol. The molecule has 0 aliphatic carbocycles. The van der Waals surface area contributed by atoms with Crippen molar-refractivity contribution in [1.29, 1.82) is 0 Å². The van der Waals surface area contributed by atoms with Crippen LogP contribution in [0.4, 0.5) is 4.39 Å². The van der Waals surface area contributed by atoms with Crippen LogP contribution >= 0.6 is 24.0 Å². The van der Waals surface area contributed by atoms with Crippen molar-refractivity contribution in [3.8, 4) is 0 Å². The van der Waals surface area contributed by atoms with E-state index < -0.39 is 0 Å². The SMILES string of the molecule is CN=C(NCCc1ccccc1F)NCc1ccccc1COC.I. The number of rotatable bonds is 7. The number of benzene rings is 2. The van der Waals surface area contributed by atoms with Gasteiger partial charge in [-0.3, -0.25) is 4.99 Å². The van der Waals surface area contributed by atoms with Gasteiger partial charge < -0.3 is 15.4 Å². The Kier molecular flexibility index (Phi) is 10.1. The van der Waals surface area contributed by atoms with E-state index in [2.05, 4.69) is 27.8 Å². The van der Waals surface area contributed by atoms with Gasteiger partial charge >= 0.3 is 0 Å². The average molecular weight is 457 g/mol. The molecule has 0 radical (unpaired) electrons. The van der Waals surface area contributed by atoms with Crippen molar-refractivity contribution in [2.45, 2.75) is 19.6 Å². The molecule has 25 heavy (non-hydrogen) atoms. The highest BCUT2D eigenvalue weighted by Gasteiger charge is 2.04. The Morgan fingerprint density at radius 2 is 1.64 bits per heavy atom. The molecule has 2 rings (SSSR count). The lowest BCUT2D eigenvalue weighted by atomic mass is 10.1. The first-order chi connectivity index (χ1) is 11.7. The second-order valence-electron chi connectivity index (χ2n) is 5.40. The molecule has 0 bridgehead atoms. The minimum absolute atomic E-state index is 0. The number of guanidine groups is 1. The van der Waals surface area contributed by atoms with Gasteiger partial charge in [-0.15, -0.1) is 24.0 Å². The van der Waals surface area contributed by atoms with Gasteiger partial charge in [0.15, 0.2) is 5.96 Å². The molecule has 2 aromatic carbocycles. The van der Waals surface area contributed by atoms with Crippen molar-refractivity contribution in [3.05, 3.63) is 71.0 Å². The summed E-state index contributed by atoms with van der Waals surface area (Å²) in [6, 6.07) is 14.9. The van der Waals surface area contributed by atoms with Gasteiger partial charge in [0.05, 0.1) is 6.61 Å². The molecule has 0 fully saturated rings. The summed E-state index contributed by atoms with van der Waals surface area (Å²) in [7, 11) is 3.41. The summed E-state index contributed by atoms with van der Waals surface area (Å²) in [6.45, 7) is 1.84. The van der Waals surface area contributed by atoms with E-state index in [1.54, 1.807) is 26.3 Å². The number of nitrogens with zero attached hydrogens (tertiary/aromatic N) is 1. The molecule has 0 unspecified atom stereocenters. The second-order valence-corrected chi connectivity index (χ2v) is 5.40. The molecular formula is C19H25FIN3O. The summed E-state index contributed by atoms with van der Waals surface area (Å²) < 4.78 is 18.8. The molecule has 4 nitrogen and oxygen atoms in total. The fraction of sp³-hybridized carbons (Fsp3) is 0.316. The van der Waals surface area contributed by atoms with Gasteiger partial charge in [0.2, 0.25) is 0 Å². The van der Waals surface area contributed by atoms with Crippen LogP contribution in [0.2, 0.25) is 0 Å². The zero-order valence-electron chi connectivity index (χ0n) is 14.6. The van der Waals surface area contributed by atoms with Gasteiger partial charge in [-0.25, -0.2) is 4.39 Å². The molecule has 6 heteroatoms. The standard InChI is InChI=1S/C19H24FN3O.HI/c1-21-19(22-12-11-15-7-5-6-10-18(15)20)23-13-16-8-3-4-9-17(16)14-24-2;/h3-10H,11-14H2,1-2H3,(H2,21,22,23);1H. The van der Waals surface area contributed by atoms with Crippen molar-refractivity contribution in [2.24, 2.45) is 4.99 Å². The third-order valence-electron chi connectivity index (χ3n) is 3.73. The van der Waals surface area contributed by atoms with Crippen LogP contribution < -0.4 is 10.6 Å². The predicted molar refractivity (Wildman–Crippen MR) is 111 cm³/mol. The molecule has 0 aromatic heterocycles. The lowest BCUT2D eigenvalue weighted by Gasteiger charge is -2.14. The largest absolute Gasteiger partial charge is 0.380 e. The molecule has 2 aromatic rings. The Morgan fingerprint density at radius 3 is 2.28 bits per heavy atom. The van der Waals surface area contributed by atoms with E-state index in [1.165, 1.54) is 6.07 Å². The minimum Gasteiger partial charge on any atom is -0.380 e. The van der Waals surface area contributed by atoms with Crippen LogP contribution in [0.15, 0.2) is 53.5 Å². The van der Waals surface area contributed by atoms with Gasteiger partial charge in [-0.05, 0) is 29.2 Å². The lowest BCUT2D eigenvalue weighted by molar-refractivity contribution is 0.184. The number of methoxy groups -OCH3 is 1. The fourth-order valence-electron chi connectivity index (χ4n) is 2.44. The Hall–Kier alpha value is -1.67. The van der Waals surface area contributed by atoms with Crippen molar-refractivity contribution in [1.82, 2.24) is 10.6 Å². The number of hydrogen-bond donors (Lipinski definition) is 2. The van der Waals surface area contributed by atoms with Crippen LogP contribution in [-0.2, 0) is 24.3 Å². The predicted octanol–water partition coefficient (Wildman–Crippen LogP) is 3.50. The topological polar surface area (TPSA) is 45.7 Å². The maximum atomic E-state index is 13.6. The van der Waals surface area contributed by atoms with Crippen LogP contribution in [0, 0.1) is 5.82 Å². The molecule has 0 aliphatic heterocycles. The lowest BCUT2D eigenvalue weighted by Crippen LogP contribution is -2.38. The molecule has 0 heterocycles. The molecule has 136 valence electrons. The first-order valence-electron chi connectivity index (χ1n) is 7.98. The molecule has 0 saturated heterocycles. The molecule has 0 saturated carbocycles. The molecule has 0 spiro atoms. The van der Waals surface area contributed by atoms with Crippen molar-refractivity contribution < 1.29 is 9.13 Å². The highest BCUT2D eigenvalue weighted by atomic mass is 127. The fourth-order valence-corrected chi connectivity index (χ4v) is 2.44. The Balaban J connectivity index is 0.00000312. The number of aliphatic imine (C=N–C) groups is 1. The first-order valence-corrected chi connectivity index (χ1v) is 7.98. The number of hydrogen-bond acceptors (Lipinski definition) is 2. The Bertz CT molecular complexity index is 679. The first kappa shape index (κ1) is 21.4. The van der Waals surface area contributed by atoms with Crippen LogP contribution in [-0.4, -0.2) is 26.7 Å². The highest BCUT2D eigenvalue weighted by Crippen LogP contribution is 2.09. The smallest absolute Gasteiger partial charge is 0.191 e. The molecule has 2 N–H and O–H groups in total. The highest BCUT2D eigenvalue weighted by molar-refractivity contribution is 14.0. The second kappa shape index (κ2) is 11.8. The van der Waals surface area contributed by atoms with Gasteiger partial charge in [-0.2, -0.15) is 0 Å². The number of nitrogens with one attached hydrogen (secondary N) is 2. The van der Waals surface area contributed by atoms with Crippen LogP contribution in [0.5, 0.6) is 0 Å². The summed E-state index contributed by atoms with van der Waals surface area (Å²) in [6.07, 6.45) is 0.605. The van der Waals surface area contributed by atoms with Crippen LogP contribution in [0.1, 0.15) is 16.7 Å². The minimum atomic E-state index is -0.171. The number of ether oxygens (including phenoxy) is 1. The van der Waals surface area contributed by atoms with Crippen molar-refractivity contribution in [3.63, 3.8) is 0 Å². The summed E-state index contributed by atoms with van der Waals surface area (Å²) in [5.41, 5.74) is 3.01. The Morgan fingerprint density at radius 1 is 1.00 bits per heavy atom. The summed E-state index contributed by atoms with van der Waals surface area (Å²) in [4.78, 5) is 4.20.